The highest BCUT2D eigenvalue weighted by atomic mass is 35.5. The average molecular weight is 486 g/mol. The van der Waals surface area contributed by atoms with Crippen molar-refractivity contribution in [2.24, 2.45) is 17.1 Å². The highest BCUT2D eigenvalue weighted by Gasteiger charge is 2.45. The molecule has 2 aromatic rings. The summed E-state index contributed by atoms with van der Waals surface area (Å²) in [6, 6.07) is 13.9. The van der Waals surface area contributed by atoms with Crippen molar-refractivity contribution in [3.8, 4) is 0 Å². The molecule has 1 aliphatic carbocycles. The lowest BCUT2D eigenvalue weighted by Crippen LogP contribution is -2.51. The fourth-order valence-corrected chi connectivity index (χ4v) is 5.11. The zero-order valence-electron chi connectivity index (χ0n) is 20.6. The van der Waals surface area contributed by atoms with Gasteiger partial charge in [0.2, 0.25) is 5.91 Å². The fraction of sp³-hybridized carbons (Fsp3) is 0.481. The van der Waals surface area contributed by atoms with Gasteiger partial charge in [0.1, 0.15) is 6.61 Å². The van der Waals surface area contributed by atoms with Gasteiger partial charge in [0.25, 0.3) is 0 Å². The first-order chi connectivity index (χ1) is 16.2. The summed E-state index contributed by atoms with van der Waals surface area (Å²) in [6.07, 6.45) is 0.944. The molecule has 0 fully saturated rings. The summed E-state index contributed by atoms with van der Waals surface area (Å²) in [7, 11) is 0. The quantitative estimate of drug-likeness (QED) is 0.512. The van der Waals surface area contributed by atoms with E-state index < -0.39 is 11.5 Å². The van der Waals surface area contributed by atoms with Gasteiger partial charge in [0.05, 0.1) is 16.1 Å². The van der Waals surface area contributed by atoms with Crippen LogP contribution >= 0.6 is 11.6 Å². The molecule has 0 spiro atoms. The Hall–Kier alpha value is -2.73. The number of anilines is 2. The minimum Gasteiger partial charge on any atom is -0.449 e. The number of nitrogens with two attached hydrogens (primary N) is 1. The molecule has 2 amide bonds. The van der Waals surface area contributed by atoms with Gasteiger partial charge in [0, 0.05) is 25.3 Å². The Labute approximate surface area is 208 Å². The molecule has 0 saturated heterocycles. The van der Waals surface area contributed by atoms with Crippen LogP contribution in [0.4, 0.5) is 16.2 Å². The lowest BCUT2D eigenvalue weighted by Gasteiger charge is -2.40. The first-order valence-corrected chi connectivity index (χ1v) is 12.4. The lowest BCUT2D eigenvalue weighted by molar-refractivity contribution is -0.131. The van der Waals surface area contributed by atoms with Gasteiger partial charge >= 0.3 is 6.09 Å². The van der Waals surface area contributed by atoms with Gasteiger partial charge in [-0.15, -0.1) is 0 Å². The van der Waals surface area contributed by atoms with Crippen molar-refractivity contribution in [2.45, 2.75) is 47.0 Å². The van der Waals surface area contributed by atoms with Gasteiger partial charge in [-0.1, -0.05) is 49.7 Å². The molecule has 0 aromatic heterocycles. The molecular weight excluding hydrogens is 450 g/mol. The Kier molecular flexibility index (Phi) is 8.47. The van der Waals surface area contributed by atoms with E-state index >= 15 is 0 Å². The first kappa shape index (κ1) is 25.9. The molecule has 0 radical (unpaired) electrons. The largest absolute Gasteiger partial charge is 0.449 e. The maximum atomic E-state index is 14.3. The summed E-state index contributed by atoms with van der Waals surface area (Å²) < 4.78 is 5.27. The number of halogens is 1. The van der Waals surface area contributed by atoms with E-state index in [0.29, 0.717) is 24.4 Å². The van der Waals surface area contributed by atoms with E-state index in [1.165, 1.54) is 5.56 Å². The Morgan fingerprint density at radius 3 is 2.38 bits per heavy atom. The Bertz CT molecular complexity index is 1020. The third-order valence-electron chi connectivity index (χ3n) is 6.60. The van der Waals surface area contributed by atoms with Crippen LogP contribution in [0.3, 0.4) is 0 Å². The number of hydrogen-bond acceptors (Lipinski definition) is 4. The molecule has 6 nitrogen and oxygen atoms in total. The van der Waals surface area contributed by atoms with Crippen LogP contribution in [0.1, 0.15) is 45.2 Å². The van der Waals surface area contributed by atoms with Crippen molar-refractivity contribution in [3.63, 3.8) is 0 Å². The molecule has 0 heterocycles. The summed E-state index contributed by atoms with van der Waals surface area (Å²) in [6.45, 7) is 10.5. The van der Waals surface area contributed by atoms with E-state index in [4.69, 9.17) is 22.1 Å². The molecule has 184 valence electrons. The highest BCUT2D eigenvalue weighted by molar-refractivity contribution is 6.33. The molecule has 2 N–H and O–H groups in total. The van der Waals surface area contributed by atoms with E-state index in [-0.39, 0.29) is 18.4 Å². The van der Waals surface area contributed by atoms with Crippen LogP contribution < -0.4 is 15.5 Å². The van der Waals surface area contributed by atoms with Crippen molar-refractivity contribution in [1.29, 1.82) is 0 Å². The van der Waals surface area contributed by atoms with Gasteiger partial charge in [-0.3, -0.25) is 4.79 Å². The van der Waals surface area contributed by atoms with Crippen LogP contribution in [0.25, 0.3) is 0 Å². The van der Waals surface area contributed by atoms with Crippen LogP contribution in [0.5, 0.6) is 0 Å². The number of benzene rings is 2. The minimum atomic E-state index is -0.887. The van der Waals surface area contributed by atoms with Gasteiger partial charge < -0.3 is 20.3 Å². The molecule has 0 saturated carbocycles. The highest BCUT2D eigenvalue weighted by Crippen LogP contribution is 2.40. The maximum absolute atomic E-state index is 14.3. The van der Waals surface area contributed by atoms with Crippen molar-refractivity contribution in [2.75, 3.05) is 36.0 Å². The normalized spacial score (nSPS) is 17.2. The van der Waals surface area contributed by atoms with E-state index in [0.717, 1.165) is 36.4 Å². The van der Waals surface area contributed by atoms with Gasteiger partial charge in [-0.2, -0.15) is 0 Å². The summed E-state index contributed by atoms with van der Waals surface area (Å²) in [5, 5.41) is 0.610. The van der Waals surface area contributed by atoms with Gasteiger partial charge in [-0.05, 0) is 68.4 Å². The second kappa shape index (κ2) is 11.1. The van der Waals surface area contributed by atoms with Crippen LogP contribution in [0, 0.1) is 11.3 Å². The van der Waals surface area contributed by atoms with Gasteiger partial charge in [-0.25, -0.2) is 4.79 Å². The molecule has 7 heteroatoms. The number of carbonyl (C=O) groups is 2. The molecule has 2 aromatic carbocycles. The number of primary amides is 1. The van der Waals surface area contributed by atoms with Crippen molar-refractivity contribution >= 4 is 35.0 Å². The number of fused-ring (bicyclic) bond motifs is 1. The zero-order chi connectivity index (χ0) is 24.9. The molecule has 1 atom stereocenters. The fourth-order valence-electron chi connectivity index (χ4n) is 4.82. The van der Waals surface area contributed by atoms with Crippen molar-refractivity contribution in [1.82, 2.24) is 0 Å². The van der Waals surface area contributed by atoms with Crippen molar-refractivity contribution < 1.29 is 14.3 Å². The van der Waals surface area contributed by atoms with E-state index in [1.54, 1.807) is 4.90 Å². The first-order valence-electron chi connectivity index (χ1n) is 12.1. The minimum absolute atomic E-state index is 0.0463. The number of aryl methyl sites for hydroxylation is 1. The topological polar surface area (TPSA) is 75.9 Å². The van der Waals surface area contributed by atoms with Crippen molar-refractivity contribution in [3.05, 3.63) is 58.6 Å². The monoisotopic (exact) mass is 485 g/mol. The Balaban J connectivity index is 2.02. The van der Waals surface area contributed by atoms with E-state index in [1.807, 2.05) is 36.4 Å². The molecule has 34 heavy (non-hydrogen) atoms. The SMILES string of the molecule is CCN(CC)c1ccc(N(CC(C)C)C(=O)C2(COC(N)=O)CCc3ccccc3C2)cc1Cl. The van der Waals surface area contributed by atoms with Crippen LogP contribution in [0.15, 0.2) is 42.5 Å². The number of amides is 2. The zero-order valence-corrected chi connectivity index (χ0v) is 21.4. The molecule has 0 aliphatic heterocycles. The second-order valence-electron chi connectivity index (χ2n) is 9.45. The average Bonchev–Trinajstić information content (AvgIpc) is 2.82. The third kappa shape index (κ3) is 5.66. The summed E-state index contributed by atoms with van der Waals surface area (Å²) >= 11 is 6.69. The number of nitrogens with zero attached hydrogens (tertiary/aromatic N) is 2. The predicted molar refractivity (Wildman–Crippen MR) is 139 cm³/mol. The predicted octanol–water partition coefficient (Wildman–Crippen LogP) is 5.45. The number of hydrogen-bond donors (Lipinski definition) is 1. The molecule has 1 unspecified atom stereocenters. The van der Waals surface area contributed by atoms with E-state index in [2.05, 4.69) is 38.7 Å². The second-order valence-corrected chi connectivity index (χ2v) is 9.86. The Morgan fingerprint density at radius 1 is 1.12 bits per heavy atom. The third-order valence-corrected chi connectivity index (χ3v) is 6.91. The standard InChI is InChI=1S/C27H36ClN3O3/c1-5-30(6-2)24-12-11-22(15-23(24)28)31(17-19(3)4)25(32)27(18-34-26(29)33)14-13-20-9-7-8-10-21(20)16-27/h7-12,15,19H,5-6,13-14,16-18H2,1-4H3,(H2,29,33). The lowest BCUT2D eigenvalue weighted by atomic mass is 9.71. The molecule has 3 rings (SSSR count). The summed E-state index contributed by atoms with van der Waals surface area (Å²) in [5.74, 6) is 0.166. The molecule has 0 bridgehead atoms. The van der Waals surface area contributed by atoms with Crippen LogP contribution in [0.2, 0.25) is 5.02 Å². The number of rotatable bonds is 9. The Morgan fingerprint density at radius 2 is 1.79 bits per heavy atom. The summed E-state index contributed by atoms with van der Waals surface area (Å²) in [5.41, 5.74) is 8.46. The number of ether oxygens (including phenoxy) is 1. The number of carbonyl (C=O) groups excluding carboxylic acids is 2. The van der Waals surface area contributed by atoms with E-state index in [9.17, 15) is 9.59 Å². The molecular formula is C27H36ClN3O3. The van der Waals surface area contributed by atoms with Crippen LogP contribution in [-0.2, 0) is 22.4 Å². The van der Waals surface area contributed by atoms with Crippen LogP contribution in [-0.4, -0.2) is 38.2 Å². The van der Waals surface area contributed by atoms with Gasteiger partial charge in [0.15, 0.2) is 0 Å². The smallest absolute Gasteiger partial charge is 0.404 e. The molecule has 1 aliphatic rings. The maximum Gasteiger partial charge on any atom is 0.404 e. The summed E-state index contributed by atoms with van der Waals surface area (Å²) in [4.78, 5) is 29.8.